The summed E-state index contributed by atoms with van der Waals surface area (Å²) in [5.41, 5.74) is 0. The molecule has 0 saturated carbocycles. The molecule has 198 valence electrons. The molecule has 0 aromatic heterocycles. The Kier molecular flexibility index (Phi) is 21.4. The Morgan fingerprint density at radius 2 is 0.818 bits per heavy atom. The van der Waals surface area contributed by atoms with E-state index in [9.17, 15) is 9.13 Å². The van der Waals surface area contributed by atoms with Crippen molar-refractivity contribution in [3.05, 3.63) is 11.6 Å². The van der Waals surface area contributed by atoms with Crippen molar-refractivity contribution in [1.82, 2.24) is 0 Å². The van der Waals surface area contributed by atoms with Crippen molar-refractivity contribution < 1.29 is 27.2 Å². The van der Waals surface area contributed by atoms with Crippen molar-refractivity contribution in [3.63, 3.8) is 0 Å². The molecule has 0 aromatic rings. The van der Waals surface area contributed by atoms with E-state index in [2.05, 4.69) is 27.4 Å². The second-order valence-corrected chi connectivity index (χ2v) is 13.0. The SMILES string of the molecule is C=C(P(=O)(OCC)OCCCCCCC)P(=O)(OCCCCCCC)OCCCCCCC. The average molecular weight is 511 g/mol. The quantitative estimate of drug-likeness (QED) is 0.0899. The van der Waals surface area contributed by atoms with Gasteiger partial charge in [0.15, 0.2) is 0 Å². The topological polar surface area (TPSA) is 71.1 Å². The highest BCUT2D eigenvalue weighted by molar-refractivity contribution is 7.78. The second kappa shape index (κ2) is 21.3. The van der Waals surface area contributed by atoms with E-state index in [0.29, 0.717) is 0 Å². The van der Waals surface area contributed by atoms with Crippen LogP contribution in [0.2, 0.25) is 0 Å². The van der Waals surface area contributed by atoms with Gasteiger partial charge in [0, 0.05) is 0 Å². The lowest BCUT2D eigenvalue weighted by Gasteiger charge is -2.26. The molecular formula is C25H52O6P2. The Labute approximate surface area is 204 Å². The molecule has 0 N–H and O–H groups in total. The van der Waals surface area contributed by atoms with Crippen LogP contribution in [0, 0.1) is 0 Å². The summed E-state index contributed by atoms with van der Waals surface area (Å²) in [5.74, 6) is 0. The van der Waals surface area contributed by atoms with Crippen molar-refractivity contribution in [3.8, 4) is 0 Å². The van der Waals surface area contributed by atoms with E-state index in [4.69, 9.17) is 18.1 Å². The first kappa shape index (κ1) is 33.0. The van der Waals surface area contributed by atoms with Gasteiger partial charge in [0.25, 0.3) is 0 Å². The monoisotopic (exact) mass is 510 g/mol. The molecule has 0 radical (unpaired) electrons. The summed E-state index contributed by atoms with van der Waals surface area (Å²) in [6, 6.07) is 0. The van der Waals surface area contributed by atoms with Gasteiger partial charge < -0.3 is 18.1 Å². The maximum Gasteiger partial charge on any atom is 0.368 e. The fourth-order valence-electron chi connectivity index (χ4n) is 3.36. The lowest BCUT2D eigenvalue weighted by molar-refractivity contribution is 0.196. The third-order valence-corrected chi connectivity index (χ3v) is 10.4. The highest BCUT2D eigenvalue weighted by Gasteiger charge is 2.44. The average Bonchev–Trinajstić information content (AvgIpc) is 2.80. The molecule has 6 nitrogen and oxygen atoms in total. The molecule has 0 amide bonds. The fourth-order valence-corrected chi connectivity index (χ4v) is 7.45. The first-order chi connectivity index (χ1) is 15.9. The Hall–Kier alpha value is 0.0400. The Morgan fingerprint density at radius 3 is 1.12 bits per heavy atom. The maximum absolute atomic E-state index is 13.7. The van der Waals surface area contributed by atoms with E-state index in [1.807, 2.05) is 0 Å². The van der Waals surface area contributed by atoms with Crippen LogP contribution in [-0.2, 0) is 27.2 Å². The van der Waals surface area contributed by atoms with E-state index in [1.54, 1.807) is 6.92 Å². The molecule has 0 spiro atoms. The lowest BCUT2D eigenvalue weighted by Crippen LogP contribution is -2.06. The summed E-state index contributed by atoms with van der Waals surface area (Å²) in [6.45, 7) is 13.1. The zero-order valence-electron chi connectivity index (χ0n) is 22.0. The molecular weight excluding hydrogens is 458 g/mol. The molecule has 0 saturated heterocycles. The molecule has 0 heterocycles. The minimum absolute atomic E-state index is 0.160. The van der Waals surface area contributed by atoms with Gasteiger partial charge in [0.1, 0.15) is 5.06 Å². The minimum Gasteiger partial charge on any atom is -0.305 e. The molecule has 0 aliphatic heterocycles. The summed E-state index contributed by atoms with van der Waals surface area (Å²) in [6.07, 6.45) is 15.6. The van der Waals surface area contributed by atoms with Crippen LogP contribution >= 0.6 is 15.2 Å². The number of unbranched alkanes of at least 4 members (excludes halogenated alkanes) is 12. The molecule has 8 heteroatoms. The molecule has 1 unspecified atom stereocenters. The highest BCUT2D eigenvalue weighted by Crippen LogP contribution is 2.73. The summed E-state index contributed by atoms with van der Waals surface area (Å²) >= 11 is 0. The molecule has 33 heavy (non-hydrogen) atoms. The van der Waals surface area contributed by atoms with Gasteiger partial charge in [-0.05, 0) is 26.2 Å². The summed E-state index contributed by atoms with van der Waals surface area (Å²) < 4.78 is 49.9. The van der Waals surface area contributed by atoms with Gasteiger partial charge in [-0.2, -0.15) is 0 Å². The van der Waals surface area contributed by atoms with Gasteiger partial charge in [-0.1, -0.05) is 104 Å². The second-order valence-electron chi connectivity index (χ2n) is 8.57. The Morgan fingerprint density at radius 1 is 0.515 bits per heavy atom. The summed E-state index contributed by atoms with van der Waals surface area (Å²) in [7, 11) is -7.67. The number of hydrogen-bond donors (Lipinski definition) is 0. The van der Waals surface area contributed by atoms with Crippen molar-refractivity contribution in [1.29, 1.82) is 0 Å². The van der Waals surface area contributed by atoms with Crippen molar-refractivity contribution in [2.75, 3.05) is 26.4 Å². The third-order valence-electron chi connectivity index (χ3n) is 5.46. The summed E-state index contributed by atoms with van der Waals surface area (Å²) in [5, 5.41) is -0.160. The van der Waals surface area contributed by atoms with Gasteiger partial charge in [-0.3, -0.25) is 9.13 Å². The van der Waals surface area contributed by atoms with Crippen LogP contribution in [0.4, 0.5) is 0 Å². The van der Waals surface area contributed by atoms with Crippen LogP contribution < -0.4 is 0 Å². The van der Waals surface area contributed by atoms with E-state index >= 15 is 0 Å². The Balaban J connectivity index is 5.06. The molecule has 0 fully saturated rings. The van der Waals surface area contributed by atoms with Crippen molar-refractivity contribution in [2.24, 2.45) is 0 Å². The van der Waals surface area contributed by atoms with Gasteiger partial charge in [-0.25, -0.2) is 0 Å². The van der Waals surface area contributed by atoms with Crippen LogP contribution in [-0.4, -0.2) is 26.4 Å². The van der Waals surface area contributed by atoms with E-state index < -0.39 is 15.2 Å². The van der Waals surface area contributed by atoms with Gasteiger partial charge in [0.2, 0.25) is 0 Å². The van der Waals surface area contributed by atoms with Crippen molar-refractivity contribution >= 4 is 15.2 Å². The van der Waals surface area contributed by atoms with Gasteiger partial charge in [-0.15, -0.1) is 0 Å². The normalized spacial score (nSPS) is 13.8. The van der Waals surface area contributed by atoms with E-state index in [1.165, 1.54) is 19.3 Å². The molecule has 0 bridgehead atoms. The first-order valence-electron chi connectivity index (χ1n) is 13.4. The van der Waals surface area contributed by atoms with Gasteiger partial charge in [0.05, 0.1) is 26.4 Å². The molecule has 1 atom stereocenters. The maximum atomic E-state index is 13.7. The molecule has 0 rings (SSSR count). The largest absolute Gasteiger partial charge is 0.368 e. The van der Waals surface area contributed by atoms with Crippen LogP contribution in [0.15, 0.2) is 11.6 Å². The number of rotatable bonds is 25. The standard InChI is InChI=1S/C25H52O6P2/c1-6-10-13-16-19-22-29-32(26,28-9-4)25(5)33(27,30-23-20-17-14-11-7-2)31-24-21-18-15-12-8-3/h5-24H2,1-4H3. The van der Waals surface area contributed by atoms with Crippen molar-refractivity contribution in [2.45, 2.75) is 124 Å². The predicted octanol–water partition coefficient (Wildman–Crippen LogP) is 9.84. The molecule has 0 aliphatic rings. The molecule has 0 aliphatic carbocycles. The van der Waals surface area contributed by atoms with E-state index in [-0.39, 0.29) is 31.5 Å². The van der Waals surface area contributed by atoms with Crippen LogP contribution in [0.5, 0.6) is 0 Å². The molecule has 0 aromatic carbocycles. The highest BCUT2D eigenvalue weighted by atomic mass is 31.2. The van der Waals surface area contributed by atoms with Crippen LogP contribution in [0.1, 0.15) is 124 Å². The third kappa shape index (κ3) is 15.6. The zero-order valence-corrected chi connectivity index (χ0v) is 23.8. The fraction of sp³-hybridized carbons (Fsp3) is 0.920. The lowest BCUT2D eigenvalue weighted by atomic mass is 10.2. The summed E-state index contributed by atoms with van der Waals surface area (Å²) in [4.78, 5) is 0. The number of hydrogen-bond acceptors (Lipinski definition) is 6. The Bertz CT molecular complexity index is 547. The van der Waals surface area contributed by atoms with Crippen LogP contribution in [0.3, 0.4) is 0 Å². The zero-order chi connectivity index (χ0) is 24.8. The van der Waals surface area contributed by atoms with Crippen LogP contribution in [0.25, 0.3) is 0 Å². The minimum atomic E-state index is -3.85. The van der Waals surface area contributed by atoms with E-state index in [0.717, 1.165) is 77.0 Å². The van der Waals surface area contributed by atoms with Gasteiger partial charge >= 0.3 is 15.2 Å². The predicted molar refractivity (Wildman–Crippen MR) is 140 cm³/mol. The smallest absolute Gasteiger partial charge is 0.305 e. The first-order valence-corrected chi connectivity index (χ1v) is 16.5.